The third-order valence-corrected chi connectivity index (χ3v) is 2.51. The number of aromatic nitrogens is 2. The minimum Gasteiger partial charge on any atom is -0.383 e. The molecule has 0 amide bonds. The highest BCUT2D eigenvalue weighted by molar-refractivity contribution is 4.93. The Morgan fingerprint density at radius 2 is 2.17 bits per heavy atom. The fourth-order valence-corrected chi connectivity index (χ4v) is 1.73. The molecule has 2 atom stereocenters. The van der Waals surface area contributed by atoms with E-state index in [1.165, 1.54) is 0 Å². The summed E-state index contributed by atoms with van der Waals surface area (Å²) < 4.78 is 15.7. The van der Waals surface area contributed by atoms with Gasteiger partial charge in [-0.2, -0.15) is 4.98 Å². The third kappa shape index (κ3) is 4.72. The minimum absolute atomic E-state index is 0.0869. The summed E-state index contributed by atoms with van der Waals surface area (Å²) in [5, 5.41) is 3.96. The summed E-state index contributed by atoms with van der Waals surface area (Å²) in [6.45, 7) is 5.17. The first-order valence-corrected chi connectivity index (χ1v) is 6.39. The van der Waals surface area contributed by atoms with Crippen molar-refractivity contribution < 1.29 is 14.0 Å². The largest absolute Gasteiger partial charge is 0.383 e. The Morgan fingerprint density at radius 1 is 1.39 bits per heavy atom. The lowest BCUT2D eigenvalue weighted by Gasteiger charge is -2.11. The monoisotopic (exact) mass is 257 g/mol. The number of nitrogens with zero attached hydrogens (tertiary/aromatic N) is 2. The van der Waals surface area contributed by atoms with E-state index >= 15 is 0 Å². The summed E-state index contributed by atoms with van der Waals surface area (Å²) in [4.78, 5) is 4.33. The molecule has 6 nitrogen and oxygen atoms in total. The van der Waals surface area contributed by atoms with E-state index in [0.717, 1.165) is 12.8 Å². The zero-order valence-electron chi connectivity index (χ0n) is 11.4. The van der Waals surface area contributed by atoms with Crippen LogP contribution in [0.15, 0.2) is 4.52 Å². The summed E-state index contributed by atoms with van der Waals surface area (Å²) >= 11 is 0. The van der Waals surface area contributed by atoms with Gasteiger partial charge in [0, 0.05) is 26.2 Å². The lowest BCUT2D eigenvalue weighted by Crippen LogP contribution is -2.28. The SMILES string of the molecule is CCCC(OCC)c1noc(CC(N)COC)n1. The molecule has 2 N–H and O–H groups in total. The summed E-state index contributed by atoms with van der Waals surface area (Å²) in [6, 6.07) is -0.125. The molecule has 2 unspecified atom stereocenters. The fraction of sp³-hybridized carbons (Fsp3) is 0.833. The molecular weight excluding hydrogens is 234 g/mol. The summed E-state index contributed by atoms with van der Waals surface area (Å²) in [7, 11) is 1.62. The molecule has 1 aromatic rings. The van der Waals surface area contributed by atoms with Gasteiger partial charge in [-0.25, -0.2) is 0 Å². The van der Waals surface area contributed by atoms with Crippen molar-refractivity contribution in [2.24, 2.45) is 5.73 Å². The van der Waals surface area contributed by atoms with Gasteiger partial charge in [0.15, 0.2) is 0 Å². The number of rotatable bonds is 9. The molecule has 0 aliphatic heterocycles. The van der Waals surface area contributed by atoms with Crippen LogP contribution in [0.1, 0.15) is 44.5 Å². The van der Waals surface area contributed by atoms with E-state index in [1.807, 2.05) is 6.92 Å². The number of ether oxygens (including phenoxy) is 2. The van der Waals surface area contributed by atoms with Gasteiger partial charge in [0.2, 0.25) is 11.7 Å². The quantitative estimate of drug-likeness (QED) is 0.721. The first-order chi connectivity index (χ1) is 8.71. The van der Waals surface area contributed by atoms with E-state index in [1.54, 1.807) is 7.11 Å². The number of methoxy groups -OCH3 is 1. The van der Waals surface area contributed by atoms with E-state index in [0.29, 0.717) is 31.3 Å². The Morgan fingerprint density at radius 3 is 2.78 bits per heavy atom. The molecule has 0 spiro atoms. The molecule has 0 aliphatic rings. The Kier molecular flexibility index (Phi) is 6.85. The maximum atomic E-state index is 5.83. The van der Waals surface area contributed by atoms with E-state index in [2.05, 4.69) is 17.1 Å². The van der Waals surface area contributed by atoms with Crippen molar-refractivity contribution in [2.45, 2.75) is 45.3 Å². The van der Waals surface area contributed by atoms with Gasteiger partial charge in [0.05, 0.1) is 6.61 Å². The molecule has 0 fully saturated rings. The standard InChI is InChI=1S/C12H23N3O3/c1-4-6-10(17-5-2)12-14-11(18-15-12)7-9(13)8-16-3/h9-10H,4-8,13H2,1-3H3. The first-order valence-electron chi connectivity index (χ1n) is 6.39. The highest BCUT2D eigenvalue weighted by Crippen LogP contribution is 2.20. The number of hydrogen-bond donors (Lipinski definition) is 1. The third-order valence-electron chi connectivity index (χ3n) is 2.51. The minimum atomic E-state index is -0.125. The van der Waals surface area contributed by atoms with Gasteiger partial charge in [-0.15, -0.1) is 0 Å². The van der Waals surface area contributed by atoms with Crippen molar-refractivity contribution in [3.05, 3.63) is 11.7 Å². The van der Waals surface area contributed by atoms with Crippen LogP contribution < -0.4 is 5.73 Å². The van der Waals surface area contributed by atoms with Crippen molar-refractivity contribution in [2.75, 3.05) is 20.3 Å². The maximum absolute atomic E-state index is 5.83. The molecule has 0 saturated carbocycles. The molecule has 0 saturated heterocycles. The summed E-state index contributed by atoms with van der Waals surface area (Å²) in [5.74, 6) is 1.15. The predicted molar refractivity (Wildman–Crippen MR) is 67.1 cm³/mol. The second-order valence-corrected chi connectivity index (χ2v) is 4.20. The van der Waals surface area contributed by atoms with Crippen LogP contribution >= 0.6 is 0 Å². The van der Waals surface area contributed by atoms with Gasteiger partial charge >= 0.3 is 0 Å². The Labute approximate surface area is 108 Å². The van der Waals surface area contributed by atoms with E-state index in [9.17, 15) is 0 Å². The molecule has 1 aromatic heterocycles. The zero-order valence-corrected chi connectivity index (χ0v) is 11.4. The van der Waals surface area contributed by atoms with E-state index < -0.39 is 0 Å². The van der Waals surface area contributed by atoms with Crippen LogP contribution in [-0.2, 0) is 15.9 Å². The molecule has 6 heteroatoms. The smallest absolute Gasteiger partial charge is 0.228 e. The highest BCUT2D eigenvalue weighted by atomic mass is 16.5. The zero-order chi connectivity index (χ0) is 13.4. The van der Waals surface area contributed by atoms with Gasteiger partial charge in [-0.3, -0.25) is 0 Å². The maximum Gasteiger partial charge on any atom is 0.228 e. The molecule has 104 valence electrons. The molecular formula is C12H23N3O3. The number of nitrogens with two attached hydrogens (primary N) is 1. The molecule has 0 bridgehead atoms. The van der Waals surface area contributed by atoms with Crippen molar-refractivity contribution in [1.29, 1.82) is 0 Å². The topological polar surface area (TPSA) is 83.4 Å². The van der Waals surface area contributed by atoms with Gasteiger partial charge in [0.1, 0.15) is 6.10 Å². The molecule has 0 aromatic carbocycles. The van der Waals surface area contributed by atoms with E-state index in [-0.39, 0.29) is 12.1 Å². The normalized spacial score (nSPS) is 14.7. The van der Waals surface area contributed by atoms with Crippen molar-refractivity contribution in [1.82, 2.24) is 10.1 Å². The van der Waals surface area contributed by atoms with Crippen molar-refractivity contribution >= 4 is 0 Å². The Bertz CT molecular complexity index is 324. The van der Waals surface area contributed by atoms with Crippen LogP contribution in [0.5, 0.6) is 0 Å². The Hall–Kier alpha value is -0.980. The first kappa shape index (κ1) is 15.1. The van der Waals surface area contributed by atoms with Gasteiger partial charge in [0.25, 0.3) is 0 Å². The van der Waals surface area contributed by atoms with Crippen LogP contribution in [0.4, 0.5) is 0 Å². The summed E-state index contributed by atoms with van der Waals surface area (Å²) in [6.07, 6.45) is 2.33. The number of hydrogen-bond acceptors (Lipinski definition) is 6. The van der Waals surface area contributed by atoms with Crippen LogP contribution in [0.2, 0.25) is 0 Å². The van der Waals surface area contributed by atoms with Crippen LogP contribution in [0.3, 0.4) is 0 Å². The Balaban J connectivity index is 2.59. The highest BCUT2D eigenvalue weighted by Gasteiger charge is 2.18. The molecule has 0 aliphatic carbocycles. The second-order valence-electron chi connectivity index (χ2n) is 4.20. The molecule has 1 rings (SSSR count). The molecule has 18 heavy (non-hydrogen) atoms. The fourth-order valence-electron chi connectivity index (χ4n) is 1.73. The van der Waals surface area contributed by atoms with Crippen LogP contribution in [0, 0.1) is 0 Å². The lowest BCUT2D eigenvalue weighted by atomic mass is 10.2. The second kappa shape index (κ2) is 8.18. The van der Waals surface area contributed by atoms with Gasteiger partial charge in [-0.1, -0.05) is 18.5 Å². The predicted octanol–water partition coefficient (Wildman–Crippen LogP) is 1.46. The molecule has 1 heterocycles. The molecule has 0 radical (unpaired) electrons. The van der Waals surface area contributed by atoms with E-state index in [4.69, 9.17) is 19.7 Å². The average Bonchev–Trinajstić information content (AvgIpc) is 2.77. The summed E-state index contributed by atoms with van der Waals surface area (Å²) in [5.41, 5.74) is 5.83. The van der Waals surface area contributed by atoms with Gasteiger partial charge in [-0.05, 0) is 13.3 Å². The lowest BCUT2D eigenvalue weighted by molar-refractivity contribution is 0.0477. The average molecular weight is 257 g/mol. The van der Waals surface area contributed by atoms with Crippen molar-refractivity contribution in [3.63, 3.8) is 0 Å². The van der Waals surface area contributed by atoms with Crippen LogP contribution in [-0.4, -0.2) is 36.5 Å². The van der Waals surface area contributed by atoms with Crippen LogP contribution in [0.25, 0.3) is 0 Å². The van der Waals surface area contributed by atoms with Gasteiger partial charge < -0.3 is 19.7 Å². The van der Waals surface area contributed by atoms with Crippen molar-refractivity contribution in [3.8, 4) is 0 Å².